The Morgan fingerprint density at radius 1 is 1.35 bits per heavy atom. The van der Waals surface area contributed by atoms with Crippen LogP contribution in [0.1, 0.15) is 23.3 Å². The molecule has 10 heteroatoms. The Bertz CT molecular complexity index is 836. The minimum Gasteiger partial charge on any atom is -0.461 e. The molecule has 1 N–H and O–H groups in total. The summed E-state index contributed by atoms with van der Waals surface area (Å²) in [6, 6.07) is 4.97. The Morgan fingerprint density at radius 2 is 2.08 bits per heavy atom. The third kappa shape index (κ3) is 3.97. The summed E-state index contributed by atoms with van der Waals surface area (Å²) in [6.07, 6.45) is 2.91. The van der Waals surface area contributed by atoms with Crippen LogP contribution in [0.5, 0.6) is 0 Å². The van der Waals surface area contributed by atoms with Gasteiger partial charge in [0.15, 0.2) is 11.5 Å². The molecule has 0 saturated carbocycles. The molecule has 0 radical (unpaired) electrons. The van der Waals surface area contributed by atoms with Crippen molar-refractivity contribution in [3.05, 3.63) is 30.2 Å². The maximum Gasteiger partial charge on any atom is 0.281 e. The molecule has 142 valence electrons. The van der Waals surface area contributed by atoms with E-state index in [9.17, 15) is 13.2 Å². The fourth-order valence-corrected chi connectivity index (χ4v) is 3.95. The van der Waals surface area contributed by atoms with Gasteiger partial charge in [-0.2, -0.15) is 17.0 Å². The molecule has 1 saturated heterocycles. The van der Waals surface area contributed by atoms with Gasteiger partial charge in [0.1, 0.15) is 0 Å². The van der Waals surface area contributed by atoms with Gasteiger partial charge in [-0.1, -0.05) is 5.16 Å². The van der Waals surface area contributed by atoms with Gasteiger partial charge in [-0.25, -0.2) is 0 Å². The van der Waals surface area contributed by atoms with Crippen LogP contribution in [0.3, 0.4) is 0 Å². The van der Waals surface area contributed by atoms with Crippen LogP contribution in [-0.2, 0) is 10.2 Å². The van der Waals surface area contributed by atoms with Crippen molar-refractivity contribution < 1.29 is 22.2 Å². The van der Waals surface area contributed by atoms with Crippen LogP contribution in [0.25, 0.3) is 11.5 Å². The predicted molar refractivity (Wildman–Crippen MR) is 93.4 cm³/mol. The number of nitrogens with zero attached hydrogens (tertiary/aromatic N) is 3. The SMILES string of the molecule is CN(C)S(=O)(=O)N1CCC(CNC(=O)c2cc(-c3ccco3)on2)CC1. The van der Waals surface area contributed by atoms with Crippen LogP contribution in [0.4, 0.5) is 0 Å². The van der Waals surface area contributed by atoms with Gasteiger partial charge in [0.05, 0.1) is 6.26 Å². The Kier molecular flexibility index (Phi) is 5.44. The average Bonchev–Trinajstić information content (AvgIpc) is 3.31. The van der Waals surface area contributed by atoms with E-state index >= 15 is 0 Å². The van der Waals surface area contributed by atoms with E-state index in [1.165, 1.54) is 35.0 Å². The lowest BCUT2D eigenvalue weighted by atomic mass is 9.98. The number of nitrogens with one attached hydrogen (secondary N) is 1. The highest BCUT2D eigenvalue weighted by Gasteiger charge is 2.29. The van der Waals surface area contributed by atoms with Gasteiger partial charge in [0, 0.05) is 39.8 Å². The summed E-state index contributed by atoms with van der Waals surface area (Å²) in [6.45, 7) is 1.37. The van der Waals surface area contributed by atoms with Crippen molar-refractivity contribution in [1.29, 1.82) is 0 Å². The predicted octanol–water partition coefficient (Wildman–Crippen LogP) is 1.18. The van der Waals surface area contributed by atoms with E-state index < -0.39 is 10.2 Å². The fourth-order valence-electron chi connectivity index (χ4n) is 2.82. The zero-order chi connectivity index (χ0) is 18.7. The molecule has 1 fully saturated rings. The Balaban J connectivity index is 1.49. The summed E-state index contributed by atoms with van der Waals surface area (Å²) in [5.41, 5.74) is 0.184. The highest BCUT2D eigenvalue weighted by molar-refractivity contribution is 7.86. The van der Waals surface area contributed by atoms with Gasteiger partial charge in [0.25, 0.3) is 16.1 Å². The summed E-state index contributed by atoms with van der Waals surface area (Å²) in [4.78, 5) is 12.2. The molecule has 0 atom stereocenters. The molecule has 1 aliphatic heterocycles. The summed E-state index contributed by atoms with van der Waals surface area (Å²) < 4.78 is 37.2. The summed E-state index contributed by atoms with van der Waals surface area (Å²) in [5.74, 6) is 0.798. The van der Waals surface area contributed by atoms with Crippen molar-refractivity contribution in [2.45, 2.75) is 12.8 Å². The van der Waals surface area contributed by atoms with Crippen LogP contribution >= 0.6 is 0 Å². The maximum absolute atomic E-state index is 12.2. The van der Waals surface area contributed by atoms with Crippen LogP contribution in [0.15, 0.2) is 33.4 Å². The van der Waals surface area contributed by atoms with E-state index in [0.29, 0.717) is 44.0 Å². The van der Waals surface area contributed by atoms with E-state index in [4.69, 9.17) is 8.94 Å². The summed E-state index contributed by atoms with van der Waals surface area (Å²) >= 11 is 0. The molecule has 1 amide bonds. The Hall–Kier alpha value is -2.17. The first-order valence-electron chi connectivity index (χ1n) is 8.34. The number of piperidine rings is 1. The fraction of sp³-hybridized carbons (Fsp3) is 0.500. The van der Waals surface area contributed by atoms with E-state index in [-0.39, 0.29) is 17.5 Å². The number of furan rings is 1. The molecular formula is C16H22N4O5S. The van der Waals surface area contributed by atoms with Crippen LogP contribution in [0, 0.1) is 5.92 Å². The molecule has 3 rings (SSSR count). The largest absolute Gasteiger partial charge is 0.461 e. The van der Waals surface area contributed by atoms with Gasteiger partial charge >= 0.3 is 0 Å². The van der Waals surface area contributed by atoms with Crippen LogP contribution in [-0.4, -0.2) is 61.8 Å². The third-order valence-electron chi connectivity index (χ3n) is 4.42. The first-order chi connectivity index (χ1) is 12.4. The van der Waals surface area contributed by atoms with Crippen molar-refractivity contribution in [2.75, 3.05) is 33.7 Å². The second-order valence-electron chi connectivity index (χ2n) is 6.40. The first-order valence-corrected chi connectivity index (χ1v) is 9.74. The maximum atomic E-state index is 12.2. The number of hydrogen-bond donors (Lipinski definition) is 1. The van der Waals surface area contributed by atoms with Crippen molar-refractivity contribution in [3.63, 3.8) is 0 Å². The van der Waals surface area contributed by atoms with Gasteiger partial charge in [-0.3, -0.25) is 4.79 Å². The molecule has 2 aromatic heterocycles. The molecule has 26 heavy (non-hydrogen) atoms. The molecule has 0 bridgehead atoms. The average molecular weight is 382 g/mol. The lowest BCUT2D eigenvalue weighted by Crippen LogP contribution is -2.45. The van der Waals surface area contributed by atoms with Crippen LogP contribution in [0.2, 0.25) is 0 Å². The molecule has 2 aromatic rings. The summed E-state index contributed by atoms with van der Waals surface area (Å²) in [5, 5.41) is 6.59. The molecule has 9 nitrogen and oxygen atoms in total. The molecule has 0 unspecified atom stereocenters. The van der Waals surface area contributed by atoms with E-state index in [1.54, 1.807) is 12.1 Å². The number of rotatable bonds is 6. The standard InChI is InChI=1S/C16H22N4O5S/c1-19(2)26(22,23)20-7-5-12(6-8-20)11-17-16(21)13-10-15(25-18-13)14-4-3-9-24-14/h3-4,9-10,12H,5-8,11H2,1-2H3,(H,17,21). The molecular weight excluding hydrogens is 360 g/mol. The number of amides is 1. The molecule has 3 heterocycles. The zero-order valence-corrected chi connectivity index (χ0v) is 15.5. The van der Waals surface area contributed by atoms with Crippen molar-refractivity contribution >= 4 is 16.1 Å². The quantitative estimate of drug-likeness (QED) is 0.804. The lowest BCUT2D eigenvalue weighted by molar-refractivity contribution is 0.0932. The molecule has 1 aliphatic rings. The third-order valence-corrected chi connectivity index (χ3v) is 6.36. The minimum absolute atomic E-state index is 0.184. The normalized spacial score (nSPS) is 16.9. The number of hydrogen-bond acceptors (Lipinski definition) is 6. The van der Waals surface area contributed by atoms with Gasteiger partial charge in [0.2, 0.25) is 5.76 Å². The molecule has 0 aromatic carbocycles. The van der Waals surface area contributed by atoms with Crippen molar-refractivity contribution in [2.24, 2.45) is 5.92 Å². The highest BCUT2D eigenvalue weighted by atomic mass is 32.2. The Labute approximate surface area is 152 Å². The Morgan fingerprint density at radius 3 is 2.69 bits per heavy atom. The van der Waals surface area contributed by atoms with Gasteiger partial charge in [-0.05, 0) is 30.9 Å². The van der Waals surface area contributed by atoms with Crippen molar-refractivity contribution in [3.8, 4) is 11.5 Å². The number of aromatic nitrogens is 1. The molecule has 0 aliphatic carbocycles. The smallest absolute Gasteiger partial charge is 0.281 e. The summed E-state index contributed by atoms with van der Waals surface area (Å²) in [7, 11) is -0.320. The second-order valence-corrected chi connectivity index (χ2v) is 8.54. The monoisotopic (exact) mass is 382 g/mol. The van der Waals surface area contributed by atoms with E-state index in [0.717, 1.165) is 0 Å². The number of carbonyl (C=O) groups excluding carboxylic acids is 1. The highest BCUT2D eigenvalue weighted by Crippen LogP contribution is 2.22. The number of carbonyl (C=O) groups is 1. The molecule has 0 spiro atoms. The van der Waals surface area contributed by atoms with E-state index in [1.807, 2.05) is 0 Å². The van der Waals surface area contributed by atoms with Gasteiger partial charge in [-0.15, -0.1) is 0 Å². The van der Waals surface area contributed by atoms with Crippen LogP contribution < -0.4 is 5.32 Å². The van der Waals surface area contributed by atoms with Gasteiger partial charge < -0.3 is 14.3 Å². The first kappa shape index (κ1) is 18.6. The second kappa shape index (κ2) is 7.60. The lowest BCUT2D eigenvalue weighted by Gasteiger charge is -2.32. The topological polar surface area (TPSA) is 109 Å². The van der Waals surface area contributed by atoms with E-state index in [2.05, 4.69) is 10.5 Å². The minimum atomic E-state index is -3.37. The zero-order valence-electron chi connectivity index (χ0n) is 14.7. The van der Waals surface area contributed by atoms with Crippen molar-refractivity contribution in [1.82, 2.24) is 19.1 Å².